The van der Waals surface area contributed by atoms with Gasteiger partial charge in [-0.05, 0) is 25.4 Å². The number of hydrogen-bond acceptors (Lipinski definition) is 2. The van der Waals surface area contributed by atoms with Crippen LogP contribution in [0, 0.1) is 5.41 Å². The van der Waals surface area contributed by atoms with Gasteiger partial charge < -0.3 is 11.1 Å². The van der Waals surface area contributed by atoms with Gasteiger partial charge in [-0.1, -0.05) is 20.8 Å². The highest BCUT2D eigenvalue weighted by Crippen LogP contribution is 2.20. The second-order valence-electron chi connectivity index (χ2n) is 3.78. The summed E-state index contributed by atoms with van der Waals surface area (Å²) in [7, 11) is 1.99. The Labute approximate surface area is 64.2 Å². The molecule has 0 aromatic carbocycles. The summed E-state index contributed by atoms with van der Waals surface area (Å²) in [5.41, 5.74) is 5.79. The lowest BCUT2D eigenvalue weighted by atomic mass is 9.85. The molecule has 0 aliphatic heterocycles. The van der Waals surface area contributed by atoms with Crippen LogP contribution in [0.4, 0.5) is 0 Å². The molecular formula is C8H20N2. The fourth-order valence-electron chi connectivity index (χ4n) is 1.18. The Hall–Kier alpha value is -0.0800. The van der Waals surface area contributed by atoms with Gasteiger partial charge in [-0.2, -0.15) is 0 Å². The Balaban J connectivity index is 3.81. The van der Waals surface area contributed by atoms with Crippen molar-refractivity contribution in [3.8, 4) is 0 Å². The molecule has 0 heterocycles. The highest BCUT2D eigenvalue weighted by Gasteiger charge is 2.21. The van der Waals surface area contributed by atoms with Crippen LogP contribution in [-0.2, 0) is 0 Å². The van der Waals surface area contributed by atoms with Crippen molar-refractivity contribution in [2.45, 2.75) is 33.2 Å². The van der Waals surface area contributed by atoms with Crippen LogP contribution in [0.15, 0.2) is 0 Å². The molecule has 0 aliphatic rings. The Morgan fingerprint density at radius 3 is 2.00 bits per heavy atom. The van der Waals surface area contributed by atoms with Crippen molar-refractivity contribution in [1.29, 1.82) is 0 Å². The number of rotatable bonds is 3. The van der Waals surface area contributed by atoms with E-state index in [2.05, 4.69) is 26.1 Å². The Morgan fingerprint density at radius 1 is 1.40 bits per heavy atom. The van der Waals surface area contributed by atoms with Crippen molar-refractivity contribution >= 4 is 0 Å². The monoisotopic (exact) mass is 144 g/mol. The smallest absolute Gasteiger partial charge is 0.0125 e. The highest BCUT2D eigenvalue weighted by molar-refractivity contribution is 4.78. The molecule has 1 unspecified atom stereocenters. The SMILES string of the molecule is CNC(CCN)C(C)(C)C. The summed E-state index contributed by atoms with van der Waals surface area (Å²) >= 11 is 0. The van der Waals surface area contributed by atoms with E-state index in [0.717, 1.165) is 13.0 Å². The summed E-state index contributed by atoms with van der Waals surface area (Å²) < 4.78 is 0. The predicted molar refractivity (Wildman–Crippen MR) is 46.0 cm³/mol. The van der Waals surface area contributed by atoms with Gasteiger partial charge in [-0.3, -0.25) is 0 Å². The molecule has 0 fully saturated rings. The summed E-state index contributed by atoms with van der Waals surface area (Å²) in [5.74, 6) is 0. The van der Waals surface area contributed by atoms with Crippen LogP contribution in [-0.4, -0.2) is 19.6 Å². The number of nitrogens with two attached hydrogens (primary N) is 1. The predicted octanol–water partition coefficient (Wildman–Crippen LogP) is 0.969. The van der Waals surface area contributed by atoms with Gasteiger partial charge in [-0.15, -0.1) is 0 Å². The number of nitrogens with one attached hydrogen (secondary N) is 1. The highest BCUT2D eigenvalue weighted by atomic mass is 14.9. The van der Waals surface area contributed by atoms with Crippen molar-refractivity contribution in [2.24, 2.45) is 11.1 Å². The molecule has 1 atom stereocenters. The van der Waals surface area contributed by atoms with E-state index < -0.39 is 0 Å². The average Bonchev–Trinajstić information content (AvgIpc) is 1.80. The van der Waals surface area contributed by atoms with Gasteiger partial charge >= 0.3 is 0 Å². The van der Waals surface area contributed by atoms with E-state index in [1.807, 2.05) is 7.05 Å². The molecule has 0 rings (SSSR count). The van der Waals surface area contributed by atoms with Gasteiger partial charge in [0.25, 0.3) is 0 Å². The first kappa shape index (κ1) is 9.92. The molecule has 2 nitrogen and oxygen atoms in total. The first-order chi connectivity index (χ1) is 4.52. The molecule has 0 saturated heterocycles. The van der Waals surface area contributed by atoms with E-state index in [4.69, 9.17) is 5.73 Å². The molecule has 0 aromatic heterocycles. The molecule has 0 spiro atoms. The molecule has 3 N–H and O–H groups in total. The normalized spacial score (nSPS) is 15.3. The maximum absolute atomic E-state index is 5.46. The second-order valence-corrected chi connectivity index (χ2v) is 3.78. The van der Waals surface area contributed by atoms with E-state index in [1.165, 1.54) is 0 Å². The molecule has 0 bridgehead atoms. The minimum atomic E-state index is 0.328. The standard InChI is InChI=1S/C8H20N2/c1-8(2,3)7(10-4)5-6-9/h7,10H,5-6,9H2,1-4H3. The maximum atomic E-state index is 5.46. The van der Waals surface area contributed by atoms with Crippen LogP contribution < -0.4 is 11.1 Å². The van der Waals surface area contributed by atoms with Gasteiger partial charge in [0, 0.05) is 6.04 Å². The van der Waals surface area contributed by atoms with Gasteiger partial charge in [-0.25, -0.2) is 0 Å². The minimum Gasteiger partial charge on any atom is -0.330 e. The van der Waals surface area contributed by atoms with E-state index in [0.29, 0.717) is 11.5 Å². The molecule has 0 aromatic rings. The number of hydrogen-bond donors (Lipinski definition) is 2. The van der Waals surface area contributed by atoms with Crippen LogP contribution in [0.3, 0.4) is 0 Å². The molecule has 2 heteroatoms. The molecular weight excluding hydrogens is 124 g/mol. The van der Waals surface area contributed by atoms with Crippen LogP contribution in [0.2, 0.25) is 0 Å². The Morgan fingerprint density at radius 2 is 1.90 bits per heavy atom. The molecule has 0 radical (unpaired) electrons. The third-order valence-electron chi connectivity index (χ3n) is 1.85. The zero-order valence-electron chi connectivity index (χ0n) is 7.57. The van der Waals surface area contributed by atoms with Crippen LogP contribution in [0.25, 0.3) is 0 Å². The minimum absolute atomic E-state index is 0.328. The van der Waals surface area contributed by atoms with Crippen molar-refractivity contribution in [1.82, 2.24) is 5.32 Å². The summed E-state index contributed by atoms with van der Waals surface area (Å²) in [4.78, 5) is 0. The average molecular weight is 144 g/mol. The largest absolute Gasteiger partial charge is 0.330 e. The molecule has 10 heavy (non-hydrogen) atoms. The molecule has 0 saturated carbocycles. The first-order valence-electron chi connectivity index (χ1n) is 3.89. The van der Waals surface area contributed by atoms with E-state index in [9.17, 15) is 0 Å². The first-order valence-corrected chi connectivity index (χ1v) is 3.89. The van der Waals surface area contributed by atoms with E-state index in [1.54, 1.807) is 0 Å². The summed E-state index contributed by atoms with van der Waals surface area (Å²) in [6.07, 6.45) is 1.06. The fraction of sp³-hybridized carbons (Fsp3) is 1.00. The third-order valence-corrected chi connectivity index (χ3v) is 1.85. The summed E-state index contributed by atoms with van der Waals surface area (Å²) in [5, 5.41) is 3.26. The summed E-state index contributed by atoms with van der Waals surface area (Å²) in [6, 6.07) is 0.539. The molecule has 0 amide bonds. The van der Waals surface area contributed by atoms with E-state index in [-0.39, 0.29) is 0 Å². The molecule has 0 aliphatic carbocycles. The summed E-state index contributed by atoms with van der Waals surface area (Å²) in [6.45, 7) is 7.44. The van der Waals surface area contributed by atoms with Crippen molar-refractivity contribution < 1.29 is 0 Å². The van der Waals surface area contributed by atoms with Crippen molar-refractivity contribution in [3.63, 3.8) is 0 Å². The van der Waals surface area contributed by atoms with Gasteiger partial charge in [0.1, 0.15) is 0 Å². The van der Waals surface area contributed by atoms with E-state index >= 15 is 0 Å². The quantitative estimate of drug-likeness (QED) is 0.619. The molecule has 62 valence electrons. The fourth-order valence-corrected chi connectivity index (χ4v) is 1.18. The third kappa shape index (κ3) is 3.18. The lowest BCUT2D eigenvalue weighted by Gasteiger charge is -2.29. The Bertz CT molecular complexity index is 83.7. The van der Waals surface area contributed by atoms with Gasteiger partial charge in [0.05, 0.1) is 0 Å². The van der Waals surface area contributed by atoms with Crippen LogP contribution >= 0.6 is 0 Å². The lowest BCUT2D eigenvalue weighted by Crippen LogP contribution is -2.39. The van der Waals surface area contributed by atoms with Crippen molar-refractivity contribution in [2.75, 3.05) is 13.6 Å². The van der Waals surface area contributed by atoms with Gasteiger partial charge in [0.15, 0.2) is 0 Å². The van der Waals surface area contributed by atoms with Crippen molar-refractivity contribution in [3.05, 3.63) is 0 Å². The van der Waals surface area contributed by atoms with Gasteiger partial charge in [0.2, 0.25) is 0 Å². The Kier molecular flexibility index (Phi) is 3.91. The second kappa shape index (κ2) is 3.94. The topological polar surface area (TPSA) is 38.0 Å². The van der Waals surface area contributed by atoms with Crippen LogP contribution in [0.1, 0.15) is 27.2 Å². The lowest BCUT2D eigenvalue weighted by molar-refractivity contribution is 0.270. The zero-order chi connectivity index (χ0) is 8.20. The van der Waals surface area contributed by atoms with Crippen LogP contribution in [0.5, 0.6) is 0 Å². The zero-order valence-corrected chi connectivity index (χ0v) is 7.57. The maximum Gasteiger partial charge on any atom is 0.0125 e.